The summed E-state index contributed by atoms with van der Waals surface area (Å²) < 4.78 is 0. The zero-order chi connectivity index (χ0) is 10.2. The van der Waals surface area contributed by atoms with Crippen molar-refractivity contribution in [3.05, 3.63) is 48.6 Å². The Balaban J connectivity index is 2.18. The summed E-state index contributed by atoms with van der Waals surface area (Å²) in [6, 6.07) is 10.3. The van der Waals surface area contributed by atoms with Gasteiger partial charge in [-0.3, -0.25) is 0 Å². The second kappa shape index (κ2) is 6.68. The van der Waals surface area contributed by atoms with Crippen LogP contribution in [0.25, 0.3) is 0 Å². The third-order valence-corrected chi connectivity index (χ3v) is 3.02. The van der Waals surface area contributed by atoms with Gasteiger partial charge < -0.3 is 5.11 Å². The van der Waals surface area contributed by atoms with Gasteiger partial charge in [0.1, 0.15) is 0 Å². The average molecular weight is 208 g/mol. The molecule has 1 N–H and O–H groups in total. The summed E-state index contributed by atoms with van der Waals surface area (Å²) in [6.07, 6.45) is 2.19. The van der Waals surface area contributed by atoms with Crippen molar-refractivity contribution in [1.29, 1.82) is 0 Å². The molecule has 1 rings (SSSR count). The molecule has 0 bridgehead atoms. The van der Waals surface area contributed by atoms with Gasteiger partial charge in [0.05, 0.1) is 6.10 Å². The van der Waals surface area contributed by atoms with Gasteiger partial charge in [0.15, 0.2) is 0 Å². The Labute approximate surface area is 89.8 Å². The first-order valence-electron chi connectivity index (χ1n) is 4.73. The molecule has 0 aliphatic rings. The number of hydrogen-bond acceptors (Lipinski definition) is 2. The number of thioether (sulfide) groups is 1. The lowest BCUT2D eigenvalue weighted by molar-refractivity contribution is 0.203. The highest BCUT2D eigenvalue weighted by Crippen LogP contribution is 2.13. The van der Waals surface area contributed by atoms with E-state index in [4.69, 9.17) is 0 Å². The largest absolute Gasteiger partial charge is 0.392 e. The zero-order valence-corrected chi connectivity index (χ0v) is 9.04. The molecule has 2 heteroatoms. The second-order valence-electron chi connectivity index (χ2n) is 3.18. The molecule has 76 valence electrons. The molecule has 1 nitrogen and oxygen atoms in total. The number of aliphatic hydroxyl groups excluding tert-OH is 1. The van der Waals surface area contributed by atoms with E-state index < -0.39 is 0 Å². The van der Waals surface area contributed by atoms with Crippen LogP contribution in [-0.2, 0) is 5.75 Å². The predicted octanol–water partition coefficient (Wildman–Crippen LogP) is 2.86. The summed E-state index contributed by atoms with van der Waals surface area (Å²) in [4.78, 5) is 0. The van der Waals surface area contributed by atoms with Gasteiger partial charge in [0, 0.05) is 11.5 Å². The Hall–Kier alpha value is -0.730. The molecule has 1 aromatic carbocycles. The Bertz CT molecular complexity index is 258. The summed E-state index contributed by atoms with van der Waals surface area (Å²) in [7, 11) is 0. The van der Waals surface area contributed by atoms with E-state index >= 15 is 0 Å². The summed E-state index contributed by atoms with van der Waals surface area (Å²) >= 11 is 1.76. The number of rotatable bonds is 6. The average Bonchev–Trinajstić information content (AvgIpc) is 2.20. The quantitative estimate of drug-likeness (QED) is 0.725. The van der Waals surface area contributed by atoms with E-state index in [9.17, 15) is 5.11 Å². The first-order chi connectivity index (χ1) is 6.83. The summed E-state index contributed by atoms with van der Waals surface area (Å²) in [6.45, 7) is 3.60. The second-order valence-corrected chi connectivity index (χ2v) is 4.21. The smallest absolute Gasteiger partial charge is 0.0664 e. The Morgan fingerprint density at radius 1 is 1.36 bits per heavy atom. The molecule has 0 spiro atoms. The number of aliphatic hydroxyl groups is 1. The fourth-order valence-electron chi connectivity index (χ4n) is 1.15. The van der Waals surface area contributed by atoms with Crippen molar-refractivity contribution in [1.82, 2.24) is 0 Å². The van der Waals surface area contributed by atoms with Gasteiger partial charge in [-0.2, -0.15) is 11.8 Å². The Morgan fingerprint density at radius 3 is 2.71 bits per heavy atom. The molecule has 0 fully saturated rings. The van der Waals surface area contributed by atoms with Crippen molar-refractivity contribution in [2.24, 2.45) is 0 Å². The van der Waals surface area contributed by atoms with Crippen molar-refractivity contribution < 1.29 is 5.11 Å². The van der Waals surface area contributed by atoms with E-state index in [1.54, 1.807) is 17.8 Å². The minimum absolute atomic E-state index is 0.249. The van der Waals surface area contributed by atoms with Gasteiger partial charge in [-0.05, 0) is 12.0 Å². The van der Waals surface area contributed by atoms with Crippen LogP contribution in [0.15, 0.2) is 43.0 Å². The maximum atomic E-state index is 9.44. The predicted molar refractivity (Wildman–Crippen MR) is 63.4 cm³/mol. The van der Waals surface area contributed by atoms with E-state index in [1.165, 1.54) is 5.56 Å². The van der Waals surface area contributed by atoms with Crippen molar-refractivity contribution >= 4 is 11.8 Å². The third kappa shape index (κ3) is 4.49. The molecule has 0 heterocycles. The van der Waals surface area contributed by atoms with Crippen LogP contribution in [0.2, 0.25) is 0 Å². The van der Waals surface area contributed by atoms with Crippen LogP contribution < -0.4 is 0 Å². The highest BCUT2D eigenvalue weighted by molar-refractivity contribution is 7.98. The number of hydrogen-bond donors (Lipinski definition) is 1. The first-order valence-corrected chi connectivity index (χ1v) is 5.89. The maximum absolute atomic E-state index is 9.44. The number of benzene rings is 1. The minimum Gasteiger partial charge on any atom is -0.392 e. The summed E-state index contributed by atoms with van der Waals surface area (Å²) in [5.74, 6) is 1.75. The van der Waals surface area contributed by atoms with Gasteiger partial charge in [-0.15, -0.1) is 6.58 Å². The monoisotopic (exact) mass is 208 g/mol. The van der Waals surface area contributed by atoms with Gasteiger partial charge in [-0.1, -0.05) is 36.4 Å². The molecule has 0 radical (unpaired) electrons. The van der Waals surface area contributed by atoms with Gasteiger partial charge in [0.2, 0.25) is 0 Å². The topological polar surface area (TPSA) is 20.2 Å². The molecule has 0 saturated carbocycles. The lowest BCUT2D eigenvalue weighted by atomic mass is 10.2. The standard InChI is InChI=1S/C12H16OS/c1-2-6-12(13)10-14-9-11-7-4-3-5-8-11/h2-5,7-8,12-13H,1,6,9-10H2. The fourth-order valence-corrected chi connectivity index (χ4v) is 2.10. The van der Waals surface area contributed by atoms with Crippen LogP contribution in [-0.4, -0.2) is 17.0 Å². The lowest BCUT2D eigenvalue weighted by Gasteiger charge is -2.06. The van der Waals surface area contributed by atoms with Crippen LogP contribution >= 0.6 is 11.8 Å². The summed E-state index contributed by atoms with van der Waals surface area (Å²) in [5, 5.41) is 9.44. The van der Waals surface area contributed by atoms with E-state index in [-0.39, 0.29) is 6.10 Å². The highest BCUT2D eigenvalue weighted by atomic mass is 32.2. The molecule has 1 aromatic rings. The molecular formula is C12H16OS. The molecular weight excluding hydrogens is 192 g/mol. The Morgan fingerprint density at radius 2 is 2.07 bits per heavy atom. The van der Waals surface area contributed by atoms with E-state index in [2.05, 4.69) is 18.7 Å². The van der Waals surface area contributed by atoms with Crippen molar-refractivity contribution in [3.63, 3.8) is 0 Å². The first kappa shape index (κ1) is 11.3. The van der Waals surface area contributed by atoms with E-state index in [0.29, 0.717) is 6.42 Å². The fraction of sp³-hybridized carbons (Fsp3) is 0.333. The van der Waals surface area contributed by atoms with Crippen LogP contribution in [0.5, 0.6) is 0 Å². The molecule has 0 amide bonds. The SMILES string of the molecule is C=CCC(O)CSCc1ccccc1. The summed E-state index contributed by atoms with van der Waals surface area (Å²) in [5.41, 5.74) is 1.31. The molecule has 1 atom stereocenters. The van der Waals surface area contributed by atoms with Crippen molar-refractivity contribution in [3.8, 4) is 0 Å². The highest BCUT2D eigenvalue weighted by Gasteiger charge is 2.01. The molecule has 14 heavy (non-hydrogen) atoms. The van der Waals surface area contributed by atoms with Crippen molar-refractivity contribution in [2.45, 2.75) is 18.3 Å². The van der Waals surface area contributed by atoms with Crippen LogP contribution in [0.3, 0.4) is 0 Å². The lowest BCUT2D eigenvalue weighted by Crippen LogP contribution is -2.08. The molecule has 0 aliphatic carbocycles. The molecule has 1 unspecified atom stereocenters. The molecule has 0 saturated heterocycles. The van der Waals surface area contributed by atoms with Gasteiger partial charge >= 0.3 is 0 Å². The molecule has 0 aromatic heterocycles. The van der Waals surface area contributed by atoms with E-state index in [1.807, 2.05) is 18.2 Å². The normalized spacial score (nSPS) is 12.4. The third-order valence-electron chi connectivity index (χ3n) is 1.86. The minimum atomic E-state index is -0.249. The Kier molecular flexibility index (Phi) is 5.42. The van der Waals surface area contributed by atoms with Crippen molar-refractivity contribution in [2.75, 3.05) is 5.75 Å². The van der Waals surface area contributed by atoms with Gasteiger partial charge in [0.25, 0.3) is 0 Å². The zero-order valence-electron chi connectivity index (χ0n) is 8.23. The maximum Gasteiger partial charge on any atom is 0.0664 e. The molecule has 0 aliphatic heterocycles. The van der Waals surface area contributed by atoms with Crippen LogP contribution in [0.4, 0.5) is 0 Å². The van der Waals surface area contributed by atoms with Crippen LogP contribution in [0.1, 0.15) is 12.0 Å². The van der Waals surface area contributed by atoms with Gasteiger partial charge in [-0.25, -0.2) is 0 Å². The van der Waals surface area contributed by atoms with Crippen LogP contribution in [0, 0.1) is 0 Å². The van der Waals surface area contributed by atoms with E-state index in [0.717, 1.165) is 11.5 Å².